The van der Waals surface area contributed by atoms with Crippen LogP contribution in [0.4, 0.5) is 4.39 Å². The molecule has 3 aromatic rings. The van der Waals surface area contributed by atoms with E-state index in [1.54, 1.807) is 36.5 Å². The van der Waals surface area contributed by atoms with Crippen LogP contribution in [0, 0.1) is 29.0 Å². The number of aliphatic hydroxyl groups excluding tert-OH is 1. The highest BCUT2D eigenvalue weighted by Gasteiger charge is 2.50. The van der Waals surface area contributed by atoms with Gasteiger partial charge in [0.1, 0.15) is 11.6 Å². The molecule has 2 aromatic heterocycles. The Morgan fingerprint density at radius 2 is 2.05 bits per heavy atom. The minimum Gasteiger partial charge on any atom is -0.511 e. The third kappa shape index (κ3) is 4.25. The summed E-state index contributed by atoms with van der Waals surface area (Å²) in [6, 6.07) is 12.2. The van der Waals surface area contributed by atoms with E-state index in [-0.39, 0.29) is 36.3 Å². The molecule has 2 N–H and O–H groups in total. The normalized spacial score (nSPS) is 22.6. The first-order valence-electron chi connectivity index (χ1n) is 12.4. The second-order valence-corrected chi connectivity index (χ2v) is 10.1. The number of fused-ring (bicyclic) bond motifs is 3. The lowest BCUT2D eigenvalue weighted by Crippen LogP contribution is -2.45. The predicted octanol–water partition coefficient (Wildman–Crippen LogP) is 5.56. The zero-order chi connectivity index (χ0) is 26.3. The third-order valence-corrected chi connectivity index (χ3v) is 7.89. The van der Waals surface area contributed by atoms with E-state index >= 15 is 4.39 Å². The van der Waals surface area contributed by atoms with Crippen molar-refractivity contribution in [3.8, 4) is 28.7 Å². The maximum Gasteiger partial charge on any atom is 0.303 e. The number of carboxylic acids is 1. The average Bonchev–Trinajstić information content (AvgIpc) is 2.89. The molecule has 8 heteroatoms. The maximum absolute atomic E-state index is 15.1. The number of carbonyl (C=O) groups is 1. The Labute approximate surface area is 214 Å². The van der Waals surface area contributed by atoms with Crippen LogP contribution in [-0.4, -0.2) is 31.1 Å². The zero-order valence-electron chi connectivity index (χ0n) is 20.7. The number of aryl methyl sites for hydroxylation is 1. The van der Waals surface area contributed by atoms with Gasteiger partial charge in [0, 0.05) is 46.3 Å². The number of carboxylic acid groups (broad SMARTS) is 1. The highest BCUT2D eigenvalue weighted by molar-refractivity contribution is 5.70. The highest BCUT2D eigenvalue weighted by atomic mass is 19.1. The topological polar surface area (TPSA) is 120 Å². The Bertz CT molecular complexity index is 1480. The van der Waals surface area contributed by atoms with Gasteiger partial charge in [-0.05, 0) is 49.4 Å². The number of benzene rings is 1. The van der Waals surface area contributed by atoms with Crippen molar-refractivity contribution in [2.45, 2.75) is 51.4 Å². The van der Waals surface area contributed by atoms with E-state index in [1.165, 1.54) is 6.07 Å². The van der Waals surface area contributed by atoms with Crippen molar-refractivity contribution in [1.29, 1.82) is 5.26 Å². The van der Waals surface area contributed by atoms with Crippen molar-refractivity contribution in [3.63, 3.8) is 0 Å². The molecule has 5 rings (SSSR count). The molecular weight excluding hydrogens is 471 g/mol. The smallest absolute Gasteiger partial charge is 0.303 e. The van der Waals surface area contributed by atoms with Crippen LogP contribution in [0.15, 0.2) is 53.9 Å². The zero-order valence-corrected chi connectivity index (χ0v) is 20.7. The van der Waals surface area contributed by atoms with Gasteiger partial charge < -0.3 is 10.2 Å². The number of halogens is 1. The largest absolute Gasteiger partial charge is 0.511 e. The molecule has 0 bridgehead atoms. The Kier molecular flexibility index (Phi) is 6.24. The number of aliphatic carboxylic acids is 1. The SMILES string of the molecule is C[C@H]1C(O)=C(C#N)C[C@@]2(C)c3nc(-c4ccnc(CCC(=O)O)c4)nc(-c4ccccc4F)c3CC[C@H]12. The lowest BCUT2D eigenvalue weighted by Gasteiger charge is -2.48. The van der Waals surface area contributed by atoms with Gasteiger partial charge in [-0.3, -0.25) is 9.78 Å². The number of nitrogens with zero attached hydrogens (tertiary/aromatic N) is 4. The Hall–Kier alpha value is -4.12. The number of aliphatic hydroxyl groups is 1. The van der Waals surface area contributed by atoms with E-state index in [0.29, 0.717) is 46.8 Å². The van der Waals surface area contributed by atoms with Crippen molar-refractivity contribution in [2.24, 2.45) is 11.8 Å². The van der Waals surface area contributed by atoms with Gasteiger partial charge in [-0.1, -0.05) is 26.0 Å². The maximum atomic E-state index is 15.1. The molecule has 2 aliphatic rings. The Morgan fingerprint density at radius 3 is 2.78 bits per heavy atom. The second kappa shape index (κ2) is 9.40. The Morgan fingerprint density at radius 1 is 1.27 bits per heavy atom. The van der Waals surface area contributed by atoms with Crippen LogP contribution in [0.5, 0.6) is 0 Å². The van der Waals surface area contributed by atoms with Crippen molar-refractivity contribution in [1.82, 2.24) is 15.0 Å². The van der Waals surface area contributed by atoms with Crippen LogP contribution < -0.4 is 0 Å². The van der Waals surface area contributed by atoms with Crippen LogP contribution in [-0.2, 0) is 23.1 Å². The number of aromatic nitrogens is 3. The van der Waals surface area contributed by atoms with Crippen molar-refractivity contribution in [2.75, 3.05) is 0 Å². The summed E-state index contributed by atoms with van der Waals surface area (Å²) >= 11 is 0. The standard InChI is InChI=1S/C29H27FN4O3/c1-16-22-9-8-21-25(20-5-3-4-6-23(20)30)33-28(17-11-12-32-19(13-17)7-10-24(35)36)34-27(21)29(22,2)14-18(15-31)26(16)37/h3-6,11-13,16,22,37H,7-10,14H2,1-2H3,(H,35,36)/t16-,22-,29-/m1/s1. The fourth-order valence-electron chi connectivity index (χ4n) is 6.02. The summed E-state index contributed by atoms with van der Waals surface area (Å²) in [5, 5.41) is 29.5. The third-order valence-electron chi connectivity index (χ3n) is 7.89. The molecule has 0 fully saturated rings. The summed E-state index contributed by atoms with van der Waals surface area (Å²) in [5.41, 5.74) is 3.58. The van der Waals surface area contributed by atoms with Crippen LogP contribution in [0.3, 0.4) is 0 Å². The minimum absolute atomic E-state index is 0.0492. The van der Waals surface area contributed by atoms with E-state index < -0.39 is 11.4 Å². The van der Waals surface area contributed by atoms with E-state index in [4.69, 9.17) is 15.1 Å². The lowest BCUT2D eigenvalue weighted by molar-refractivity contribution is -0.136. The number of hydrogen-bond acceptors (Lipinski definition) is 6. The van der Waals surface area contributed by atoms with E-state index in [2.05, 4.69) is 18.0 Å². The number of hydrogen-bond donors (Lipinski definition) is 2. The minimum atomic E-state index is -0.908. The summed E-state index contributed by atoms with van der Waals surface area (Å²) in [6.07, 6.45) is 3.53. The summed E-state index contributed by atoms with van der Waals surface area (Å²) in [5.74, 6) is -0.908. The van der Waals surface area contributed by atoms with Gasteiger partial charge in [0.05, 0.1) is 29.5 Å². The summed E-state index contributed by atoms with van der Waals surface area (Å²) in [4.78, 5) is 25.2. The highest BCUT2D eigenvalue weighted by Crippen LogP contribution is 2.54. The molecule has 0 spiro atoms. The number of pyridine rings is 1. The first kappa shape index (κ1) is 24.6. The molecule has 0 amide bonds. The Balaban J connectivity index is 1.73. The number of rotatable bonds is 5. The predicted molar refractivity (Wildman–Crippen MR) is 135 cm³/mol. The molecule has 2 heterocycles. The van der Waals surface area contributed by atoms with Gasteiger partial charge >= 0.3 is 5.97 Å². The molecule has 0 saturated heterocycles. The van der Waals surface area contributed by atoms with Gasteiger partial charge in [-0.25, -0.2) is 14.4 Å². The summed E-state index contributed by atoms with van der Waals surface area (Å²) < 4.78 is 15.1. The van der Waals surface area contributed by atoms with Crippen LogP contribution >= 0.6 is 0 Å². The van der Waals surface area contributed by atoms with Crippen LogP contribution in [0.25, 0.3) is 22.6 Å². The van der Waals surface area contributed by atoms with Crippen LogP contribution in [0.1, 0.15) is 50.1 Å². The quantitative estimate of drug-likeness (QED) is 0.473. The fraction of sp³-hybridized carbons (Fsp3) is 0.345. The molecule has 0 saturated carbocycles. The van der Waals surface area contributed by atoms with Crippen molar-refractivity contribution in [3.05, 3.63) is 76.7 Å². The molecule has 2 aliphatic carbocycles. The molecular formula is C29H27FN4O3. The van der Waals surface area contributed by atoms with Gasteiger partial charge in [-0.2, -0.15) is 5.26 Å². The molecule has 0 unspecified atom stereocenters. The second-order valence-electron chi connectivity index (χ2n) is 10.1. The van der Waals surface area contributed by atoms with Crippen molar-refractivity contribution >= 4 is 5.97 Å². The van der Waals surface area contributed by atoms with Gasteiger partial charge in [0.15, 0.2) is 5.82 Å². The average molecular weight is 499 g/mol. The molecule has 1 aromatic carbocycles. The van der Waals surface area contributed by atoms with Crippen LogP contribution in [0.2, 0.25) is 0 Å². The molecule has 188 valence electrons. The molecule has 0 radical (unpaired) electrons. The van der Waals surface area contributed by atoms with Gasteiger partial charge in [0.25, 0.3) is 0 Å². The monoisotopic (exact) mass is 498 g/mol. The molecule has 7 nitrogen and oxygen atoms in total. The van der Waals surface area contributed by atoms with Crippen molar-refractivity contribution < 1.29 is 19.4 Å². The molecule has 37 heavy (non-hydrogen) atoms. The lowest BCUT2D eigenvalue weighted by atomic mass is 9.56. The van der Waals surface area contributed by atoms with E-state index in [1.807, 2.05) is 6.92 Å². The molecule has 0 aliphatic heterocycles. The number of nitriles is 1. The van der Waals surface area contributed by atoms with Gasteiger partial charge in [0.2, 0.25) is 0 Å². The summed E-state index contributed by atoms with van der Waals surface area (Å²) in [7, 11) is 0. The first-order chi connectivity index (χ1) is 17.7. The van der Waals surface area contributed by atoms with E-state index in [9.17, 15) is 15.2 Å². The van der Waals surface area contributed by atoms with Gasteiger partial charge in [-0.15, -0.1) is 0 Å². The number of allylic oxidation sites excluding steroid dienone is 2. The first-order valence-corrected chi connectivity index (χ1v) is 12.4. The van der Waals surface area contributed by atoms with E-state index in [0.717, 1.165) is 17.7 Å². The fourth-order valence-corrected chi connectivity index (χ4v) is 6.02. The molecule has 3 atom stereocenters. The summed E-state index contributed by atoms with van der Waals surface area (Å²) in [6.45, 7) is 4.01.